The minimum Gasteiger partial charge on any atom is -0.324 e. The van der Waals surface area contributed by atoms with Crippen molar-refractivity contribution in [3.05, 3.63) is 54.9 Å². The van der Waals surface area contributed by atoms with E-state index in [1.807, 2.05) is 48.7 Å². The van der Waals surface area contributed by atoms with Crippen molar-refractivity contribution in [3.63, 3.8) is 0 Å². The van der Waals surface area contributed by atoms with E-state index >= 15 is 0 Å². The number of aromatic amines is 1. The normalized spacial score (nSPS) is 10.5. The van der Waals surface area contributed by atoms with Gasteiger partial charge in [0, 0.05) is 22.7 Å². The van der Waals surface area contributed by atoms with Gasteiger partial charge in [-0.1, -0.05) is 18.2 Å². The van der Waals surface area contributed by atoms with E-state index in [2.05, 4.69) is 25.5 Å². The van der Waals surface area contributed by atoms with Gasteiger partial charge in [-0.15, -0.1) is 12.4 Å². The molecule has 0 unspecified atom stereocenters. The molecule has 5 nitrogen and oxygen atoms in total. The maximum Gasteiger partial charge on any atom is 0.227 e. The minimum atomic E-state index is 0. The summed E-state index contributed by atoms with van der Waals surface area (Å²) < 4.78 is 0. The molecule has 4 aromatic rings. The van der Waals surface area contributed by atoms with Gasteiger partial charge in [-0.3, -0.25) is 5.10 Å². The molecule has 2 heterocycles. The van der Waals surface area contributed by atoms with E-state index in [9.17, 15) is 0 Å². The number of para-hydroxylation sites is 1. The van der Waals surface area contributed by atoms with Crippen LogP contribution in [0.5, 0.6) is 0 Å². The van der Waals surface area contributed by atoms with Crippen LogP contribution in [0.25, 0.3) is 21.8 Å². The molecule has 0 aliphatic heterocycles. The van der Waals surface area contributed by atoms with Gasteiger partial charge in [-0.2, -0.15) is 5.10 Å². The highest BCUT2D eigenvalue weighted by Crippen LogP contribution is 2.20. The van der Waals surface area contributed by atoms with E-state index in [1.165, 1.54) is 0 Å². The summed E-state index contributed by atoms with van der Waals surface area (Å²) in [4.78, 5) is 8.82. The molecule has 0 bridgehead atoms. The van der Waals surface area contributed by atoms with E-state index in [4.69, 9.17) is 0 Å². The number of aromatic nitrogens is 4. The van der Waals surface area contributed by atoms with Gasteiger partial charge in [-0.05, 0) is 24.3 Å². The molecule has 4 rings (SSSR count). The van der Waals surface area contributed by atoms with E-state index in [1.54, 1.807) is 6.20 Å². The number of hydrogen-bond donors (Lipinski definition) is 2. The summed E-state index contributed by atoms with van der Waals surface area (Å²) in [6, 6.07) is 13.9. The SMILES string of the molecule is Cl.c1ccc2nc(Nc3ccc4[nH]ncc4c3)ncc2c1. The summed E-state index contributed by atoms with van der Waals surface area (Å²) in [5.74, 6) is 0.589. The smallest absolute Gasteiger partial charge is 0.227 e. The number of benzene rings is 2. The number of halogens is 1. The summed E-state index contributed by atoms with van der Waals surface area (Å²) in [7, 11) is 0. The highest BCUT2D eigenvalue weighted by molar-refractivity contribution is 5.85. The third kappa shape index (κ3) is 2.51. The highest BCUT2D eigenvalue weighted by atomic mass is 35.5. The zero-order chi connectivity index (χ0) is 13.4. The first-order chi connectivity index (χ1) is 9.88. The number of nitrogens with zero attached hydrogens (tertiary/aromatic N) is 3. The Kier molecular flexibility index (Phi) is 3.41. The Morgan fingerprint density at radius 1 is 0.952 bits per heavy atom. The summed E-state index contributed by atoms with van der Waals surface area (Å²) in [5.41, 5.74) is 2.87. The van der Waals surface area contributed by atoms with Crippen LogP contribution in [0, 0.1) is 0 Å². The van der Waals surface area contributed by atoms with Crippen LogP contribution in [0.1, 0.15) is 0 Å². The van der Waals surface area contributed by atoms with Crippen LogP contribution in [-0.4, -0.2) is 20.2 Å². The van der Waals surface area contributed by atoms with Crippen molar-refractivity contribution in [2.75, 3.05) is 5.32 Å². The van der Waals surface area contributed by atoms with Crippen molar-refractivity contribution in [3.8, 4) is 0 Å². The Hall–Kier alpha value is -2.66. The second kappa shape index (κ2) is 5.38. The first kappa shape index (κ1) is 13.3. The molecule has 2 aromatic heterocycles. The quantitative estimate of drug-likeness (QED) is 0.592. The van der Waals surface area contributed by atoms with Crippen molar-refractivity contribution in [1.82, 2.24) is 20.2 Å². The van der Waals surface area contributed by atoms with E-state index < -0.39 is 0 Å². The largest absolute Gasteiger partial charge is 0.324 e. The molecule has 104 valence electrons. The molecule has 0 atom stereocenters. The Balaban J connectivity index is 0.00000132. The van der Waals surface area contributed by atoms with Gasteiger partial charge in [0.25, 0.3) is 0 Å². The topological polar surface area (TPSA) is 66.5 Å². The number of hydrogen-bond acceptors (Lipinski definition) is 4. The predicted octanol–water partition coefficient (Wildman–Crippen LogP) is 3.67. The Labute approximate surface area is 126 Å². The first-order valence-electron chi connectivity index (χ1n) is 6.30. The van der Waals surface area contributed by atoms with Gasteiger partial charge in [0.1, 0.15) is 0 Å². The molecule has 6 heteroatoms. The number of H-pyrrole nitrogens is 1. The van der Waals surface area contributed by atoms with E-state index in [0.717, 1.165) is 27.5 Å². The fraction of sp³-hybridized carbons (Fsp3) is 0. The van der Waals surface area contributed by atoms with Crippen molar-refractivity contribution in [2.45, 2.75) is 0 Å². The Bertz CT molecular complexity index is 903. The lowest BCUT2D eigenvalue weighted by atomic mass is 10.2. The first-order valence-corrected chi connectivity index (χ1v) is 6.30. The maximum absolute atomic E-state index is 4.49. The molecule has 0 aliphatic carbocycles. The van der Waals surface area contributed by atoms with Crippen molar-refractivity contribution < 1.29 is 0 Å². The second-order valence-corrected chi connectivity index (χ2v) is 4.55. The van der Waals surface area contributed by atoms with E-state index in [-0.39, 0.29) is 12.4 Å². The molecule has 0 amide bonds. The average Bonchev–Trinajstić information content (AvgIpc) is 2.95. The third-order valence-electron chi connectivity index (χ3n) is 3.19. The Morgan fingerprint density at radius 2 is 1.86 bits per heavy atom. The van der Waals surface area contributed by atoms with Crippen LogP contribution in [0.4, 0.5) is 11.6 Å². The summed E-state index contributed by atoms with van der Waals surface area (Å²) in [6.07, 6.45) is 3.61. The lowest BCUT2D eigenvalue weighted by molar-refractivity contribution is 1.12. The van der Waals surface area contributed by atoms with Crippen LogP contribution in [0.3, 0.4) is 0 Å². The number of fused-ring (bicyclic) bond motifs is 2. The number of rotatable bonds is 2. The standard InChI is InChI=1S/C15H11N5.ClH/c1-2-4-13-10(3-1)8-16-15(19-13)18-12-5-6-14-11(7-12)9-17-20-14;/h1-9H,(H,17,20)(H,16,18,19);1H. The van der Waals surface area contributed by atoms with Gasteiger partial charge in [0.15, 0.2) is 0 Å². The average molecular weight is 298 g/mol. The minimum absolute atomic E-state index is 0. The van der Waals surface area contributed by atoms with E-state index in [0.29, 0.717) is 5.95 Å². The van der Waals surface area contributed by atoms with Gasteiger partial charge >= 0.3 is 0 Å². The fourth-order valence-electron chi connectivity index (χ4n) is 2.18. The summed E-state index contributed by atoms with van der Waals surface area (Å²) >= 11 is 0. The molecule has 0 fully saturated rings. The molecule has 0 spiro atoms. The predicted molar refractivity (Wildman–Crippen MR) is 86.2 cm³/mol. The molecular formula is C15H12ClN5. The third-order valence-corrected chi connectivity index (χ3v) is 3.19. The molecule has 2 N–H and O–H groups in total. The zero-order valence-corrected chi connectivity index (χ0v) is 11.8. The lowest BCUT2D eigenvalue weighted by Gasteiger charge is -2.05. The molecule has 0 saturated heterocycles. The molecular weight excluding hydrogens is 286 g/mol. The van der Waals surface area contributed by atoms with Crippen LogP contribution < -0.4 is 5.32 Å². The fourth-order valence-corrected chi connectivity index (χ4v) is 2.18. The van der Waals surface area contributed by atoms with Crippen molar-refractivity contribution >= 4 is 45.8 Å². The maximum atomic E-state index is 4.49. The number of nitrogens with one attached hydrogen (secondary N) is 2. The summed E-state index contributed by atoms with van der Waals surface area (Å²) in [6.45, 7) is 0. The van der Waals surface area contributed by atoms with Crippen LogP contribution in [0.15, 0.2) is 54.9 Å². The highest BCUT2D eigenvalue weighted by Gasteiger charge is 2.02. The van der Waals surface area contributed by atoms with Gasteiger partial charge < -0.3 is 5.32 Å². The van der Waals surface area contributed by atoms with Gasteiger partial charge in [0.2, 0.25) is 5.95 Å². The second-order valence-electron chi connectivity index (χ2n) is 4.55. The number of anilines is 2. The van der Waals surface area contributed by atoms with Gasteiger partial charge in [-0.25, -0.2) is 9.97 Å². The Morgan fingerprint density at radius 3 is 2.81 bits per heavy atom. The lowest BCUT2D eigenvalue weighted by Crippen LogP contribution is -1.96. The molecule has 0 saturated carbocycles. The summed E-state index contributed by atoms with van der Waals surface area (Å²) in [5, 5.41) is 12.2. The monoisotopic (exact) mass is 297 g/mol. The van der Waals surface area contributed by atoms with Crippen LogP contribution in [0.2, 0.25) is 0 Å². The molecule has 21 heavy (non-hydrogen) atoms. The molecule has 0 aliphatic rings. The zero-order valence-electron chi connectivity index (χ0n) is 10.9. The van der Waals surface area contributed by atoms with Crippen molar-refractivity contribution in [2.24, 2.45) is 0 Å². The molecule has 0 radical (unpaired) electrons. The molecule has 2 aromatic carbocycles. The van der Waals surface area contributed by atoms with Gasteiger partial charge in [0.05, 0.1) is 17.2 Å². The van der Waals surface area contributed by atoms with Crippen molar-refractivity contribution in [1.29, 1.82) is 0 Å². The van der Waals surface area contributed by atoms with Crippen LogP contribution in [-0.2, 0) is 0 Å². The van der Waals surface area contributed by atoms with Crippen LogP contribution >= 0.6 is 12.4 Å².